The number of nitrogens with one attached hydrogen (secondary N) is 2. The molecule has 0 saturated carbocycles. The highest BCUT2D eigenvalue weighted by Gasteiger charge is 2.26. The number of hydrogen-bond donors (Lipinski definition) is 2. The third-order valence-corrected chi connectivity index (χ3v) is 6.59. The predicted molar refractivity (Wildman–Crippen MR) is 147 cm³/mol. The Balaban J connectivity index is 1.41. The molecule has 1 fully saturated rings. The van der Waals surface area contributed by atoms with Crippen molar-refractivity contribution >= 4 is 29.6 Å². The van der Waals surface area contributed by atoms with Gasteiger partial charge in [-0.15, -0.1) is 0 Å². The molecule has 4 rings (SSSR count). The summed E-state index contributed by atoms with van der Waals surface area (Å²) in [6.07, 6.45) is 1.46. The van der Waals surface area contributed by atoms with Crippen LogP contribution in [-0.4, -0.2) is 53.7 Å². The largest absolute Gasteiger partial charge is 0.444 e. The summed E-state index contributed by atoms with van der Waals surface area (Å²) >= 11 is 0.990. The first kappa shape index (κ1) is 27.4. The first-order valence-electron chi connectivity index (χ1n) is 12.4. The number of halogens is 1. The van der Waals surface area contributed by atoms with Crippen molar-refractivity contribution in [3.8, 4) is 11.3 Å². The van der Waals surface area contributed by atoms with Gasteiger partial charge in [0.15, 0.2) is 0 Å². The van der Waals surface area contributed by atoms with Crippen LogP contribution in [0.15, 0.2) is 65.7 Å². The Hall–Kier alpha value is -3.63. The van der Waals surface area contributed by atoms with E-state index in [2.05, 4.69) is 20.1 Å². The fourth-order valence-corrected chi connectivity index (χ4v) is 4.60. The summed E-state index contributed by atoms with van der Waals surface area (Å²) in [6.45, 7) is 10.00. The van der Waals surface area contributed by atoms with Crippen LogP contribution in [-0.2, 0) is 4.74 Å². The quantitative estimate of drug-likeness (QED) is 0.330. The normalized spacial score (nSPS) is 13.8. The van der Waals surface area contributed by atoms with Crippen molar-refractivity contribution in [2.24, 2.45) is 0 Å². The highest BCUT2D eigenvalue weighted by atomic mass is 32.2. The van der Waals surface area contributed by atoms with Crippen LogP contribution in [0.25, 0.3) is 11.3 Å². The highest BCUT2D eigenvalue weighted by molar-refractivity contribution is 7.97. The predicted octanol–water partition coefficient (Wildman–Crippen LogP) is 5.19. The smallest absolute Gasteiger partial charge is 0.410 e. The summed E-state index contributed by atoms with van der Waals surface area (Å²) in [5.74, 6) is -0.706. The molecule has 1 aliphatic rings. The van der Waals surface area contributed by atoms with Gasteiger partial charge in [0.05, 0.1) is 10.6 Å². The monoisotopic (exact) mass is 537 g/mol. The van der Waals surface area contributed by atoms with Gasteiger partial charge in [-0.25, -0.2) is 9.18 Å². The number of anilines is 1. The van der Waals surface area contributed by atoms with Crippen molar-refractivity contribution in [1.29, 1.82) is 0 Å². The summed E-state index contributed by atoms with van der Waals surface area (Å²) in [5.41, 5.74) is 6.00. The lowest BCUT2D eigenvalue weighted by Gasteiger charge is -2.36. The first-order valence-corrected chi connectivity index (χ1v) is 13.2. The number of nitrogens with zero attached hydrogens (tertiary/aromatic N) is 3. The number of carbonyl (C=O) groups is 2. The Morgan fingerprint density at radius 3 is 2.47 bits per heavy atom. The third-order valence-electron chi connectivity index (χ3n) is 5.84. The van der Waals surface area contributed by atoms with Gasteiger partial charge in [0, 0.05) is 49.2 Å². The number of piperazine rings is 1. The lowest BCUT2D eigenvalue weighted by molar-refractivity contribution is 0.0240. The number of hydrogen-bond acceptors (Lipinski definition) is 7. The second-order valence-electron chi connectivity index (χ2n) is 10.0. The summed E-state index contributed by atoms with van der Waals surface area (Å²) in [4.78, 5) is 36.7. The van der Waals surface area contributed by atoms with E-state index in [1.165, 1.54) is 6.07 Å². The molecule has 2 aromatic carbocycles. The van der Waals surface area contributed by atoms with Crippen LogP contribution in [0, 0.1) is 12.7 Å². The molecule has 1 aromatic heterocycles. The van der Waals surface area contributed by atoms with Crippen LogP contribution in [0.1, 0.15) is 36.7 Å². The second kappa shape index (κ2) is 11.8. The number of rotatable bonds is 6. The van der Waals surface area contributed by atoms with Crippen LogP contribution in [0.2, 0.25) is 0 Å². The van der Waals surface area contributed by atoms with Gasteiger partial charge in [-0.2, -0.15) is 4.83 Å². The minimum absolute atomic E-state index is 0.292. The molecular formula is C28H32FN5O3S. The van der Waals surface area contributed by atoms with Crippen molar-refractivity contribution in [2.45, 2.75) is 38.2 Å². The van der Waals surface area contributed by atoms with Crippen molar-refractivity contribution in [3.05, 3.63) is 77.7 Å². The molecular weight excluding hydrogens is 505 g/mol. The zero-order valence-electron chi connectivity index (χ0n) is 22.0. The van der Waals surface area contributed by atoms with Gasteiger partial charge in [-0.1, -0.05) is 12.1 Å². The van der Waals surface area contributed by atoms with Crippen LogP contribution >= 0.6 is 11.9 Å². The Kier molecular flexibility index (Phi) is 8.53. The van der Waals surface area contributed by atoms with Crippen LogP contribution < -0.4 is 15.2 Å². The van der Waals surface area contributed by atoms with Crippen molar-refractivity contribution in [3.63, 3.8) is 0 Å². The zero-order chi connectivity index (χ0) is 27.3. The molecule has 0 unspecified atom stereocenters. The molecule has 3 aromatic rings. The SMILES string of the molecule is Cc1cc(C(=O)NNSc2ccccc2F)cc(-c2cc(N3CCN(C(=O)OC(C)(C)C)CC3)ccn2)c1. The molecule has 1 aliphatic heterocycles. The zero-order valence-corrected chi connectivity index (χ0v) is 22.8. The van der Waals surface area contributed by atoms with Gasteiger partial charge in [0.2, 0.25) is 0 Å². The number of carbonyl (C=O) groups excluding carboxylic acids is 2. The Morgan fingerprint density at radius 1 is 1.03 bits per heavy atom. The number of ether oxygens (including phenoxy) is 1. The van der Waals surface area contributed by atoms with E-state index in [4.69, 9.17) is 4.74 Å². The number of benzene rings is 2. The molecule has 10 heteroatoms. The number of hydrazine groups is 1. The van der Waals surface area contributed by atoms with Crippen LogP contribution in [0.3, 0.4) is 0 Å². The van der Waals surface area contributed by atoms with E-state index in [-0.39, 0.29) is 17.8 Å². The van der Waals surface area contributed by atoms with E-state index < -0.39 is 5.60 Å². The maximum absolute atomic E-state index is 13.8. The maximum Gasteiger partial charge on any atom is 0.410 e. The molecule has 0 aliphatic carbocycles. The molecule has 0 radical (unpaired) electrons. The second-order valence-corrected chi connectivity index (χ2v) is 10.9. The molecule has 0 spiro atoms. The number of pyridine rings is 1. The Morgan fingerprint density at radius 2 is 1.76 bits per heavy atom. The summed E-state index contributed by atoms with van der Waals surface area (Å²) in [5, 5.41) is 0. The van der Waals surface area contributed by atoms with Gasteiger partial charge >= 0.3 is 6.09 Å². The Labute approximate surface area is 226 Å². The van der Waals surface area contributed by atoms with Crippen molar-refractivity contribution in [1.82, 2.24) is 20.1 Å². The molecule has 2 heterocycles. The van der Waals surface area contributed by atoms with Crippen LogP contribution in [0.5, 0.6) is 0 Å². The lowest BCUT2D eigenvalue weighted by atomic mass is 10.0. The van der Waals surface area contributed by atoms with Gasteiger partial charge in [-0.3, -0.25) is 15.2 Å². The molecule has 0 bridgehead atoms. The van der Waals surface area contributed by atoms with E-state index in [1.807, 2.05) is 45.9 Å². The molecule has 38 heavy (non-hydrogen) atoms. The van der Waals surface area contributed by atoms with Crippen LogP contribution in [0.4, 0.5) is 14.9 Å². The van der Waals surface area contributed by atoms with E-state index in [0.717, 1.165) is 34.5 Å². The average Bonchev–Trinajstić information content (AvgIpc) is 2.88. The number of amides is 2. The molecule has 2 amide bonds. The van der Waals surface area contributed by atoms with E-state index >= 15 is 0 Å². The highest BCUT2D eigenvalue weighted by Crippen LogP contribution is 2.26. The fourth-order valence-electron chi connectivity index (χ4n) is 4.04. The molecule has 1 saturated heterocycles. The van der Waals surface area contributed by atoms with E-state index in [9.17, 15) is 14.0 Å². The summed E-state index contributed by atoms with van der Waals surface area (Å²) < 4.78 is 19.3. The number of aromatic nitrogens is 1. The van der Waals surface area contributed by atoms with Gasteiger partial charge in [-0.05, 0) is 87.7 Å². The Bertz CT molecular complexity index is 1310. The summed E-state index contributed by atoms with van der Waals surface area (Å²) in [6, 6.07) is 15.8. The fraction of sp³-hybridized carbons (Fsp3) is 0.321. The van der Waals surface area contributed by atoms with Gasteiger partial charge < -0.3 is 14.5 Å². The average molecular weight is 538 g/mol. The maximum atomic E-state index is 13.8. The summed E-state index contributed by atoms with van der Waals surface area (Å²) in [7, 11) is 0. The standard InChI is InChI=1S/C28H32FN5O3S/c1-19-15-20(17-21(16-19)26(35)31-32-38-25-8-6-5-7-23(25)29)24-18-22(9-10-30-24)33-11-13-34(14-12-33)27(36)37-28(2,3)4/h5-10,15-18,32H,11-14H2,1-4H3,(H,31,35). The molecule has 2 N–H and O–H groups in total. The topological polar surface area (TPSA) is 86.8 Å². The first-order chi connectivity index (χ1) is 18.1. The minimum Gasteiger partial charge on any atom is -0.444 e. The minimum atomic E-state index is -0.521. The molecule has 200 valence electrons. The number of aryl methyl sites for hydroxylation is 1. The van der Waals surface area contributed by atoms with Gasteiger partial charge in [0.1, 0.15) is 11.4 Å². The molecule has 8 nitrogen and oxygen atoms in total. The third kappa shape index (κ3) is 7.23. The lowest BCUT2D eigenvalue weighted by Crippen LogP contribution is -2.50. The van der Waals surface area contributed by atoms with Crippen molar-refractivity contribution < 1.29 is 18.7 Å². The van der Waals surface area contributed by atoms with Gasteiger partial charge in [0.25, 0.3) is 5.91 Å². The molecule has 0 atom stereocenters. The van der Waals surface area contributed by atoms with E-state index in [1.54, 1.807) is 41.4 Å². The van der Waals surface area contributed by atoms with Crippen molar-refractivity contribution in [2.75, 3.05) is 31.1 Å². The van der Waals surface area contributed by atoms with E-state index in [0.29, 0.717) is 36.6 Å².